The van der Waals surface area contributed by atoms with Gasteiger partial charge in [-0.15, -0.1) is 0 Å². The van der Waals surface area contributed by atoms with Gasteiger partial charge in [0, 0.05) is 45.5 Å². The topological polar surface area (TPSA) is 42.4 Å². The fourth-order valence-electron chi connectivity index (χ4n) is 3.19. The van der Waals surface area contributed by atoms with E-state index in [9.17, 15) is 4.79 Å². The van der Waals surface area contributed by atoms with Crippen molar-refractivity contribution >= 4 is 17.9 Å². The summed E-state index contributed by atoms with van der Waals surface area (Å²) in [5.41, 5.74) is 1.95. The minimum atomic E-state index is -0.0935. The summed E-state index contributed by atoms with van der Waals surface area (Å²) in [7, 11) is 1.73. The summed E-state index contributed by atoms with van der Waals surface area (Å²) in [5, 5.41) is 5.70. The van der Waals surface area contributed by atoms with Crippen LogP contribution in [0.25, 0.3) is 0 Å². The molecule has 0 aromatic heterocycles. The number of carbonyl (C=O) groups is 1. The second kappa shape index (κ2) is 8.16. The van der Waals surface area contributed by atoms with Crippen molar-refractivity contribution in [3.8, 4) is 0 Å². The SMILES string of the molecule is C=C1C=NN(CCCCN2CCN(c3ccccc3)CC2)C(=O)N1C. The first-order valence-corrected chi connectivity index (χ1v) is 8.95. The monoisotopic (exact) mass is 341 g/mol. The Bertz CT molecular complexity index is 622. The molecule has 2 aliphatic rings. The number of para-hydroxylation sites is 1. The van der Waals surface area contributed by atoms with E-state index in [1.54, 1.807) is 13.3 Å². The molecule has 2 heterocycles. The van der Waals surface area contributed by atoms with Crippen LogP contribution in [0.15, 0.2) is 47.7 Å². The van der Waals surface area contributed by atoms with Crippen molar-refractivity contribution in [1.29, 1.82) is 0 Å². The number of benzene rings is 1. The molecular weight excluding hydrogens is 314 g/mol. The average molecular weight is 341 g/mol. The van der Waals surface area contributed by atoms with Crippen LogP contribution in [0.4, 0.5) is 10.5 Å². The second-order valence-corrected chi connectivity index (χ2v) is 6.57. The molecule has 3 rings (SSSR count). The Balaban J connectivity index is 1.35. The highest BCUT2D eigenvalue weighted by Crippen LogP contribution is 2.16. The summed E-state index contributed by atoms with van der Waals surface area (Å²) < 4.78 is 0. The third-order valence-corrected chi connectivity index (χ3v) is 4.87. The molecule has 0 unspecified atom stereocenters. The number of rotatable bonds is 6. The first-order chi connectivity index (χ1) is 12.1. The van der Waals surface area contributed by atoms with Crippen LogP contribution >= 0.6 is 0 Å². The van der Waals surface area contributed by atoms with E-state index in [0.29, 0.717) is 12.2 Å². The summed E-state index contributed by atoms with van der Waals surface area (Å²) in [4.78, 5) is 18.6. The van der Waals surface area contributed by atoms with Gasteiger partial charge < -0.3 is 4.90 Å². The maximum Gasteiger partial charge on any atom is 0.344 e. The highest BCUT2D eigenvalue weighted by atomic mass is 16.2. The van der Waals surface area contributed by atoms with E-state index in [-0.39, 0.29) is 6.03 Å². The Kier molecular flexibility index (Phi) is 5.71. The number of hydrazone groups is 1. The van der Waals surface area contributed by atoms with Crippen LogP contribution in [0.3, 0.4) is 0 Å². The molecule has 2 amide bonds. The number of urea groups is 1. The number of hydrogen-bond acceptors (Lipinski definition) is 4. The third-order valence-electron chi connectivity index (χ3n) is 4.87. The van der Waals surface area contributed by atoms with Crippen LogP contribution < -0.4 is 4.90 Å². The van der Waals surface area contributed by atoms with Crippen LogP contribution in [0.1, 0.15) is 12.8 Å². The molecule has 1 aromatic rings. The highest BCUT2D eigenvalue weighted by Gasteiger charge is 2.22. The molecule has 2 aliphatic heterocycles. The summed E-state index contributed by atoms with van der Waals surface area (Å²) >= 11 is 0. The predicted molar refractivity (Wildman–Crippen MR) is 102 cm³/mol. The Morgan fingerprint density at radius 3 is 2.44 bits per heavy atom. The minimum Gasteiger partial charge on any atom is -0.369 e. The molecule has 1 aromatic carbocycles. The van der Waals surface area contributed by atoms with E-state index in [2.05, 4.69) is 51.8 Å². The highest BCUT2D eigenvalue weighted by molar-refractivity contribution is 5.90. The van der Waals surface area contributed by atoms with Gasteiger partial charge in [-0.05, 0) is 31.5 Å². The summed E-state index contributed by atoms with van der Waals surface area (Å²) in [6, 6.07) is 10.5. The summed E-state index contributed by atoms with van der Waals surface area (Å²) in [5.74, 6) is 0. The maximum absolute atomic E-state index is 12.1. The zero-order chi connectivity index (χ0) is 17.6. The maximum atomic E-state index is 12.1. The van der Waals surface area contributed by atoms with E-state index in [1.165, 1.54) is 15.6 Å². The lowest BCUT2D eigenvalue weighted by Crippen LogP contribution is -2.46. The molecule has 0 radical (unpaired) electrons. The van der Waals surface area contributed by atoms with Gasteiger partial charge in [0.15, 0.2) is 0 Å². The first-order valence-electron chi connectivity index (χ1n) is 8.95. The van der Waals surface area contributed by atoms with E-state index in [4.69, 9.17) is 0 Å². The zero-order valence-corrected chi connectivity index (χ0v) is 15.0. The van der Waals surface area contributed by atoms with Crippen molar-refractivity contribution in [3.63, 3.8) is 0 Å². The Morgan fingerprint density at radius 2 is 1.72 bits per heavy atom. The molecule has 0 atom stereocenters. The number of nitrogens with zero attached hydrogens (tertiary/aromatic N) is 5. The molecule has 134 valence electrons. The largest absolute Gasteiger partial charge is 0.369 e. The van der Waals surface area contributed by atoms with Crippen LogP contribution in [-0.2, 0) is 0 Å². The van der Waals surface area contributed by atoms with Crippen molar-refractivity contribution in [2.45, 2.75) is 12.8 Å². The van der Waals surface area contributed by atoms with Crippen molar-refractivity contribution < 1.29 is 4.79 Å². The Labute approximate surface area is 150 Å². The molecule has 0 spiro atoms. The van der Waals surface area contributed by atoms with E-state index >= 15 is 0 Å². The smallest absolute Gasteiger partial charge is 0.344 e. The standard InChI is InChI=1S/C19H27N5O/c1-17-16-20-24(19(25)21(17)2)11-7-6-10-22-12-14-23(15-13-22)18-8-4-3-5-9-18/h3-5,8-9,16H,1,6-7,10-15H2,2H3. The van der Waals surface area contributed by atoms with E-state index in [1.807, 2.05) is 0 Å². The van der Waals surface area contributed by atoms with Gasteiger partial charge in [0.2, 0.25) is 0 Å². The first kappa shape index (κ1) is 17.5. The fourth-order valence-corrected chi connectivity index (χ4v) is 3.19. The molecular formula is C19H27N5O. The lowest BCUT2D eigenvalue weighted by Gasteiger charge is -2.36. The third kappa shape index (κ3) is 4.39. The van der Waals surface area contributed by atoms with Gasteiger partial charge in [-0.25, -0.2) is 9.80 Å². The van der Waals surface area contributed by atoms with E-state index in [0.717, 1.165) is 45.6 Å². The molecule has 6 nitrogen and oxygen atoms in total. The van der Waals surface area contributed by atoms with Crippen LogP contribution in [0.2, 0.25) is 0 Å². The van der Waals surface area contributed by atoms with Gasteiger partial charge in [-0.1, -0.05) is 24.8 Å². The predicted octanol–water partition coefficient (Wildman–Crippen LogP) is 2.46. The van der Waals surface area contributed by atoms with Gasteiger partial charge in [0.25, 0.3) is 0 Å². The van der Waals surface area contributed by atoms with Crippen LogP contribution in [-0.4, -0.2) is 73.4 Å². The lowest BCUT2D eigenvalue weighted by molar-refractivity contribution is 0.170. The molecule has 6 heteroatoms. The number of amides is 2. The number of anilines is 1. The molecule has 0 aliphatic carbocycles. The van der Waals surface area contributed by atoms with Gasteiger partial charge >= 0.3 is 6.03 Å². The fraction of sp³-hybridized carbons (Fsp3) is 0.474. The molecule has 25 heavy (non-hydrogen) atoms. The number of unbranched alkanes of at least 4 members (excludes halogenated alkanes) is 1. The average Bonchev–Trinajstić information content (AvgIpc) is 2.66. The molecule has 0 bridgehead atoms. The normalized spacial score (nSPS) is 19.0. The van der Waals surface area contributed by atoms with Gasteiger partial charge in [-0.3, -0.25) is 9.80 Å². The number of piperazine rings is 1. The van der Waals surface area contributed by atoms with Gasteiger partial charge in [0.05, 0.1) is 11.9 Å². The van der Waals surface area contributed by atoms with Crippen LogP contribution in [0, 0.1) is 0 Å². The number of hydrogen-bond donors (Lipinski definition) is 0. The van der Waals surface area contributed by atoms with Crippen molar-refractivity contribution in [2.24, 2.45) is 5.10 Å². The molecule has 0 saturated carbocycles. The molecule has 1 fully saturated rings. The molecule has 1 saturated heterocycles. The van der Waals surface area contributed by atoms with Crippen molar-refractivity contribution in [1.82, 2.24) is 14.8 Å². The lowest BCUT2D eigenvalue weighted by atomic mass is 10.2. The van der Waals surface area contributed by atoms with Gasteiger partial charge in [-0.2, -0.15) is 5.10 Å². The van der Waals surface area contributed by atoms with Gasteiger partial charge in [0.1, 0.15) is 0 Å². The second-order valence-electron chi connectivity index (χ2n) is 6.57. The summed E-state index contributed by atoms with van der Waals surface area (Å²) in [6.45, 7) is 9.87. The summed E-state index contributed by atoms with van der Waals surface area (Å²) in [6.07, 6.45) is 3.68. The van der Waals surface area contributed by atoms with E-state index < -0.39 is 0 Å². The zero-order valence-electron chi connectivity index (χ0n) is 15.0. The van der Waals surface area contributed by atoms with Crippen molar-refractivity contribution in [2.75, 3.05) is 51.2 Å². The Morgan fingerprint density at radius 1 is 1.04 bits per heavy atom. The van der Waals surface area contributed by atoms with Crippen LogP contribution in [0.5, 0.6) is 0 Å². The quantitative estimate of drug-likeness (QED) is 0.747. The number of allylic oxidation sites excluding steroid dienone is 1. The van der Waals surface area contributed by atoms with Crippen molar-refractivity contribution in [3.05, 3.63) is 42.6 Å². The minimum absolute atomic E-state index is 0.0935. The molecule has 0 N–H and O–H groups in total. The Hall–Kier alpha value is -2.34. The number of carbonyl (C=O) groups excluding carboxylic acids is 1.